The number of hydrogen-bond donors (Lipinski definition) is 2. The molecule has 0 saturated heterocycles. The third kappa shape index (κ3) is 2.17. The molecule has 2 saturated carbocycles. The van der Waals surface area contributed by atoms with Gasteiger partial charge in [0.1, 0.15) is 0 Å². The van der Waals surface area contributed by atoms with E-state index in [4.69, 9.17) is 0 Å². The van der Waals surface area contributed by atoms with Crippen molar-refractivity contribution in [2.75, 3.05) is 12.4 Å². The minimum Gasteiger partial charge on any atom is -0.371 e. The standard InChI is InChI=1S/C14H18FN3O/c1-16-13-12(15)10(4-5-17-13)14(19)18-11-7-8-2-3-9(11)6-8/h4-5,8-9,11H,2-3,6-7H2,1H3,(H,16,17)(H,18,19). The van der Waals surface area contributed by atoms with Gasteiger partial charge in [0.2, 0.25) is 0 Å². The van der Waals surface area contributed by atoms with Gasteiger partial charge in [0.05, 0.1) is 5.56 Å². The molecule has 19 heavy (non-hydrogen) atoms. The van der Waals surface area contributed by atoms with Crippen LogP contribution in [0.5, 0.6) is 0 Å². The Morgan fingerprint density at radius 3 is 2.89 bits per heavy atom. The van der Waals surface area contributed by atoms with Gasteiger partial charge in [-0.05, 0) is 37.2 Å². The first-order valence-corrected chi connectivity index (χ1v) is 6.82. The number of amides is 1. The first-order chi connectivity index (χ1) is 9.19. The number of nitrogens with one attached hydrogen (secondary N) is 2. The second-order valence-electron chi connectivity index (χ2n) is 5.53. The summed E-state index contributed by atoms with van der Waals surface area (Å²) < 4.78 is 14.0. The number of halogens is 1. The molecule has 5 heteroatoms. The van der Waals surface area contributed by atoms with Gasteiger partial charge in [-0.3, -0.25) is 4.79 Å². The second-order valence-corrected chi connectivity index (χ2v) is 5.53. The van der Waals surface area contributed by atoms with Gasteiger partial charge >= 0.3 is 0 Å². The molecule has 3 unspecified atom stereocenters. The highest BCUT2D eigenvalue weighted by atomic mass is 19.1. The van der Waals surface area contributed by atoms with Crippen LogP contribution >= 0.6 is 0 Å². The van der Waals surface area contributed by atoms with Crippen LogP contribution < -0.4 is 10.6 Å². The van der Waals surface area contributed by atoms with Crippen LogP contribution in [-0.4, -0.2) is 24.0 Å². The average molecular weight is 263 g/mol. The summed E-state index contributed by atoms with van der Waals surface area (Å²) >= 11 is 0. The summed E-state index contributed by atoms with van der Waals surface area (Å²) in [5.41, 5.74) is 0.0714. The Morgan fingerprint density at radius 1 is 1.42 bits per heavy atom. The lowest BCUT2D eigenvalue weighted by atomic mass is 9.95. The summed E-state index contributed by atoms with van der Waals surface area (Å²) in [6.45, 7) is 0. The molecule has 0 aliphatic heterocycles. The molecule has 0 aromatic carbocycles. The Bertz CT molecular complexity index is 505. The molecule has 4 nitrogen and oxygen atoms in total. The summed E-state index contributed by atoms with van der Waals surface area (Å²) in [7, 11) is 1.59. The molecule has 0 radical (unpaired) electrons. The lowest BCUT2D eigenvalue weighted by molar-refractivity contribution is 0.0919. The van der Waals surface area contributed by atoms with E-state index >= 15 is 0 Å². The number of carbonyl (C=O) groups is 1. The summed E-state index contributed by atoms with van der Waals surface area (Å²) in [6, 6.07) is 1.65. The van der Waals surface area contributed by atoms with Crippen molar-refractivity contribution in [2.45, 2.75) is 31.7 Å². The topological polar surface area (TPSA) is 54.0 Å². The number of nitrogens with zero attached hydrogens (tertiary/aromatic N) is 1. The van der Waals surface area contributed by atoms with Gasteiger partial charge in [-0.1, -0.05) is 6.42 Å². The predicted molar refractivity (Wildman–Crippen MR) is 70.4 cm³/mol. The van der Waals surface area contributed by atoms with Gasteiger partial charge in [0.25, 0.3) is 5.91 Å². The number of fused-ring (bicyclic) bond motifs is 2. The number of pyridine rings is 1. The van der Waals surface area contributed by atoms with E-state index in [2.05, 4.69) is 15.6 Å². The van der Waals surface area contributed by atoms with Crippen LogP contribution in [0.3, 0.4) is 0 Å². The van der Waals surface area contributed by atoms with E-state index < -0.39 is 5.82 Å². The Labute approximate surface area is 111 Å². The SMILES string of the molecule is CNc1nccc(C(=O)NC2CC3CCC2C3)c1F. The van der Waals surface area contributed by atoms with Gasteiger partial charge in [-0.2, -0.15) is 0 Å². The highest BCUT2D eigenvalue weighted by Gasteiger charge is 2.40. The van der Waals surface area contributed by atoms with E-state index in [0.717, 1.165) is 12.3 Å². The first kappa shape index (κ1) is 12.4. The van der Waals surface area contributed by atoms with Crippen LogP contribution in [0.15, 0.2) is 12.3 Å². The van der Waals surface area contributed by atoms with E-state index in [1.807, 2.05) is 0 Å². The second kappa shape index (κ2) is 4.79. The fourth-order valence-corrected chi connectivity index (χ4v) is 3.46. The molecule has 1 aromatic heterocycles. The van der Waals surface area contributed by atoms with Crippen LogP contribution in [0.2, 0.25) is 0 Å². The van der Waals surface area contributed by atoms with E-state index in [-0.39, 0.29) is 23.3 Å². The summed E-state index contributed by atoms with van der Waals surface area (Å²) in [5, 5.41) is 5.63. The zero-order valence-electron chi connectivity index (χ0n) is 10.9. The van der Waals surface area contributed by atoms with Crippen LogP contribution in [0, 0.1) is 17.7 Å². The maximum atomic E-state index is 14.0. The molecule has 2 bridgehead atoms. The number of carbonyl (C=O) groups excluding carboxylic acids is 1. The van der Waals surface area contributed by atoms with E-state index in [1.54, 1.807) is 7.05 Å². The zero-order valence-corrected chi connectivity index (χ0v) is 10.9. The number of hydrogen-bond acceptors (Lipinski definition) is 3. The lowest BCUT2D eigenvalue weighted by Crippen LogP contribution is -2.38. The largest absolute Gasteiger partial charge is 0.371 e. The fourth-order valence-electron chi connectivity index (χ4n) is 3.46. The Kier molecular flexibility index (Phi) is 3.12. The van der Waals surface area contributed by atoms with Gasteiger partial charge < -0.3 is 10.6 Å². The van der Waals surface area contributed by atoms with Gasteiger partial charge in [0, 0.05) is 19.3 Å². The lowest BCUT2D eigenvalue weighted by Gasteiger charge is -2.23. The van der Waals surface area contributed by atoms with E-state index in [9.17, 15) is 9.18 Å². The third-order valence-electron chi connectivity index (χ3n) is 4.43. The van der Waals surface area contributed by atoms with Crippen molar-refractivity contribution >= 4 is 11.7 Å². The molecule has 2 N–H and O–H groups in total. The number of anilines is 1. The Balaban J connectivity index is 1.74. The van der Waals surface area contributed by atoms with Crippen molar-refractivity contribution in [3.05, 3.63) is 23.6 Å². The molecule has 2 aliphatic rings. The van der Waals surface area contributed by atoms with Crippen molar-refractivity contribution in [3.63, 3.8) is 0 Å². The first-order valence-electron chi connectivity index (χ1n) is 6.82. The summed E-state index contributed by atoms with van der Waals surface area (Å²) in [4.78, 5) is 16.0. The Hall–Kier alpha value is -1.65. The number of aromatic nitrogens is 1. The summed E-state index contributed by atoms with van der Waals surface area (Å²) in [5.74, 6) is 0.549. The smallest absolute Gasteiger partial charge is 0.254 e. The molecule has 0 spiro atoms. The molecule has 1 aromatic rings. The molecular formula is C14H18FN3O. The molecule has 102 valence electrons. The molecule has 2 aliphatic carbocycles. The van der Waals surface area contributed by atoms with Crippen molar-refractivity contribution < 1.29 is 9.18 Å². The third-order valence-corrected chi connectivity index (χ3v) is 4.43. The highest BCUT2D eigenvalue weighted by Crippen LogP contribution is 2.44. The van der Waals surface area contributed by atoms with Crippen LogP contribution in [0.1, 0.15) is 36.0 Å². The minimum absolute atomic E-state index is 0.0714. The van der Waals surface area contributed by atoms with Crippen LogP contribution in [-0.2, 0) is 0 Å². The summed E-state index contributed by atoms with van der Waals surface area (Å²) in [6.07, 6.45) is 6.18. The molecule has 1 heterocycles. The maximum absolute atomic E-state index is 14.0. The monoisotopic (exact) mass is 263 g/mol. The van der Waals surface area contributed by atoms with Gasteiger partial charge in [-0.15, -0.1) is 0 Å². The highest BCUT2D eigenvalue weighted by molar-refractivity contribution is 5.95. The molecule has 2 fully saturated rings. The maximum Gasteiger partial charge on any atom is 0.254 e. The quantitative estimate of drug-likeness (QED) is 0.879. The van der Waals surface area contributed by atoms with Crippen molar-refractivity contribution in [1.82, 2.24) is 10.3 Å². The number of rotatable bonds is 3. The van der Waals surface area contributed by atoms with E-state index in [1.165, 1.54) is 31.5 Å². The molecule has 3 atom stereocenters. The average Bonchev–Trinajstić information content (AvgIpc) is 3.01. The zero-order chi connectivity index (χ0) is 13.4. The van der Waals surface area contributed by atoms with Crippen LogP contribution in [0.25, 0.3) is 0 Å². The Morgan fingerprint density at radius 2 is 2.26 bits per heavy atom. The molecule has 1 amide bonds. The predicted octanol–water partition coefficient (Wildman–Crippen LogP) is 2.18. The molecular weight excluding hydrogens is 245 g/mol. The van der Waals surface area contributed by atoms with Crippen molar-refractivity contribution in [3.8, 4) is 0 Å². The van der Waals surface area contributed by atoms with Gasteiger partial charge in [-0.25, -0.2) is 9.37 Å². The molecule has 3 rings (SSSR count). The normalized spacial score (nSPS) is 28.4. The van der Waals surface area contributed by atoms with E-state index in [0.29, 0.717) is 5.92 Å². The van der Waals surface area contributed by atoms with Crippen LogP contribution in [0.4, 0.5) is 10.2 Å². The van der Waals surface area contributed by atoms with Crippen molar-refractivity contribution in [2.24, 2.45) is 11.8 Å². The fraction of sp³-hybridized carbons (Fsp3) is 0.571. The van der Waals surface area contributed by atoms with Crippen molar-refractivity contribution in [1.29, 1.82) is 0 Å². The minimum atomic E-state index is -0.578. The van der Waals surface area contributed by atoms with Gasteiger partial charge in [0.15, 0.2) is 11.6 Å².